The number of rotatable bonds is 7. The molecule has 2 aliphatic rings. The Kier molecular flexibility index (Phi) is 7.04. The van der Waals surface area contributed by atoms with Gasteiger partial charge in [-0.05, 0) is 54.8 Å². The van der Waals surface area contributed by atoms with E-state index < -0.39 is 0 Å². The van der Waals surface area contributed by atoms with E-state index in [1.807, 2.05) is 24.1 Å². The van der Waals surface area contributed by atoms with Gasteiger partial charge < -0.3 is 9.88 Å². The summed E-state index contributed by atoms with van der Waals surface area (Å²) in [5.74, 6) is 0.980. The Labute approximate surface area is 221 Å². The Morgan fingerprint density at radius 3 is 2.78 bits per heavy atom. The van der Waals surface area contributed by atoms with Crippen LogP contribution in [0.5, 0.6) is 0 Å². The first kappa shape index (κ1) is 24.0. The van der Waals surface area contributed by atoms with Crippen molar-refractivity contribution in [1.82, 2.24) is 19.8 Å². The van der Waals surface area contributed by atoms with Gasteiger partial charge in [0, 0.05) is 35.0 Å². The lowest BCUT2D eigenvalue weighted by Gasteiger charge is -2.32. The maximum Gasteiger partial charge on any atom is 0.240 e. The van der Waals surface area contributed by atoms with Crippen LogP contribution in [-0.4, -0.2) is 57.1 Å². The third-order valence-electron chi connectivity index (χ3n) is 7.76. The van der Waals surface area contributed by atoms with E-state index in [1.165, 1.54) is 47.1 Å². The highest BCUT2D eigenvalue weighted by Gasteiger charge is 2.40. The van der Waals surface area contributed by atoms with Crippen molar-refractivity contribution in [2.24, 2.45) is 5.92 Å². The lowest BCUT2D eigenvalue weighted by molar-refractivity contribution is -0.135. The van der Waals surface area contributed by atoms with Gasteiger partial charge >= 0.3 is 0 Å². The number of H-pyrrole nitrogens is 1. The second-order valence-electron chi connectivity index (χ2n) is 10.5. The number of thioether (sulfide) groups is 1. The first-order valence-corrected chi connectivity index (χ1v) is 14.9. The summed E-state index contributed by atoms with van der Waals surface area (Å²) in [7, 11) is 1.98. The monoisotopic (exact) mass is 518 g/mol. The van der Waals surface area contributed by atoms with Crippen molar-refractivity contribution in [2.45, 2.75) is 61.5 Å². The highest BCUT2D eigenvalue weighted by atomic mass is 32.2. The molecule has 2 aromatic heterocycles. The van der Waals surface area contributed by atoms with E-state index >= 15 is 0 Å². The van der Waals surface area contributed by atoms with Crippen LogP contribution in [0.3, 0.4) is 0 Å². The van der Waals surface area contributed by atoms with Gasteiger partial charge in [-0.15, -0.1) is 11.3 Å². The molecule has 3 heterocycles. The fourth-order valence-corrected chi connectivity index (χ4v) is 8.23. The molecule has 1 aliphatic carbocycles. The second-order valence-corrected chi connectivity index (χ2v) is 12.9. The van der Waals surface area contributed by atoms with Crippen molar-refractivity contribution >= 4 is 50.1 Å². The Morgan fingerprint density at radius 2 is 1.94 bits per heavy atom. The zero-order valence-corrected chi connectivity index (χ0v) is 22.5. The molecule has 1 saturated carbocycles. The molecule has 188 valence electrons. The summed E-state index contributed by atoms with van der Waals surface area (Å²) in [5, 5.41) is 2.59. The average Bonchev–Trinajstić information content (AvgIpc) is 3.60. The van der Waals surface area contributed by atoms with E-state index in [2.05, 4.69) is 52.3 Å². The average molecular weight is 519 g/mol. The van der Waals surface area contributed by atoms with Crippen LogP contribution in [0.4, 0.5) is 0 Å². The number of likely N-dealkylation sites (N-methyl/N-ethyl adjacent to an activating group) is 1. The number of aromatic nitrogens is 2. The normalized spacial score (nSPS) is 21.5. The molecule has 0 radical (unpaired) electrons. The number of para-hydroxylation sites is 2. The Bertz CT molecular complexity index is 1280. The summed E-state index contributed by atoms with van der Waals surface area (Å²) in [6, 6.07) is 18.9. The SMILES string of the molecule is CN(Cc1cc2ccccc2s1)C(=O)[C@@H]1C[C@@H](Sc2nc3ccccc3[nH]2)CN1CC1CCCCC1. The van der Waals surface area contributed by atoms with E-state index in [9.17, 15) is 4.79 Å². The zero-order chi connectivity index (χ0) is 24.5. The van der Waals surface area contributed by atoms with Crippen LogP contribution in [0.1, 0.15) is 43.4 Å². The molecule has 1 saturated heterocycles. The minimum Gasteiger partial charge on any atom is -0.339 e. The molecule has 7 heteroatoms. The number of fused-ring (bicyclic) bond motifs is 2. The predicted octanol–water partition coefficient (Wildman–Crippen LogP) is 6.55. The number of aromatic amines is 1. The van der Waals surface area contributed by atoms with E-state index in [0.29, 0.717) is 11.8 Å². The molecular weight excluding hydrogens is 484 g/mol. The fraction of sp³-hybridized carbons (Fsp3) is 0.448. The number of hydrogen-bond acceptors (Lipinski definition) is 5. The molecular formula is C29H34N4OS2. The highest BCUT2D eigenvalue weighted by Crippen LogP contribution is 2.35. The van der Waals surface area contributed by atoms with Crippen LogP contribution in [0, 0.1) is 5.92 Å². The van der Waals surface area contributed by atoms with Crippen molar-refractivity contribution in [3.63, 3.8) is 0 Å². The lowest BCUT2D eigenvalue weighted by atomic mass is 9.89. The van der Waals surface area contributed by atoms with Crippen LogP contribution in [0.2, 0.25) is 0 Å². The van der Waals surface area contributed by atoms with E-state index in [-0.39, 0.29) is 11.9 Å². The first-order valence-electron chi connectivity index (χ1n) is 13.2. The zero-order valence-electron chi connectivity index (χ0n) is 20.9. The third kappa shape index (κ3) is 5.20. The van der Waals surface area contributed by atoms with Gasteiger partial charge in [0.2, 0.25) is 5.91 Å². The van der Waals surface area contributed by atoms with Gasteiger partial charge in [0.05, 0.1) is 23.6 Å². The number of carbonyl (C=O) groups is 1. The quantitative estimate of drug-likeness (QED) is 0.301. The van der Waals surface area contributed by atoms with E-state index in [0.717, 1.165) is 41.6 Å². The van der Waals surface area contributed by atoms with Gasteiger partial charge in [-0.2, -0.15) is 0 Å². The fourth-order valence-electron chi connectivity index (χ4n) is 5.93. The summed E-state index contributed by atoms with van der Waals surface area (Å²) in [5.41, 5.74) is 2.08. The third-order valence-corrected chi connectivity index (χ3v) is 9.95. The molecule has 2 aromatic carbocycles. The number of thiophene rings is 1. The highest BCUT2D eigenvalue weighted by molar-refractivity contribution is 7.99. The van der Waals surface area contributed by atoms with Gasteiger partial charge in [0.25, 0.3) is 0 Å². The number of benzene rings is 2. The largest absolute Gasteiger partial charge is 0.339 e. The number of imidazole rings is 1. The van der Waals surface area contributed by atoms with Crippen molar-refractivity contribution in [1.29, 1.82) is 0 Å². The summed E-state index contributed by atoms with van der Waals surface area (Å²) >= 11 is 3.60. The maximum absolute atomic E-state index is 13.8. The Morgan fingerprint density at radius 1 is 1.14 bits per heavy atom. The van der Waals surface area contributed by atoms with Gasteiger partial charge in [-0.3, -0.25) is 9.69 Å². The van der Waals surface area contributed by atoms with Crippen molar-refractivity contribution in [2.75, 3.05) is 20.1 Å². The molecule has 1 amide bonds. The first-order chi connectivity index (χ1) is 17.6. The summed E-state index contributed by atoms with van der Waals surface area (Å²) < 4.78 is 1.29. The van der Waals surface area contributed by atoms with Crippen LogP contribution in [0.15, 0.2) is 59.8 Å². The van der Waals surface area contributed by atoms with E-state index in [4.69, 9.17) is 4.98 Å². The van der Waals surface area contributed by atoms with Gasteiger partial charge in [-0.25, -0.2) is 4.98 Å². The summed E-state index contributed by atoms with van der Waals surface area (Å²) in [6.07, 6.45) is 7.51. The molecule has 5 nitrogen and oxygen atoms in total. The molecule has 2 atom stereocenters. The van der Waals surface area contributed by atoms with Crippen molar-refractivity contribution in [3.05, 3.63) is 59.5 Å². The Balaban J connectivity index is 1.17. The van der Waals surface area contributed by atoms with E-state index in [1.54, 1.807) is 23.1 Å². The van der Waals surface area contributed by atoms with Crippen LogP contribution in [0.25, 0.3) is 21.1 Å². The van der Waals surface area contributed by atoms with Gasteiger partial charge in [-0.1, -0.05) is 61.4 Å². The lowest BCUT2D eigenvalue weighted by Crippen LogP contribution is -2.45. The predicted molar refractivity (Wildman–Crippen MR) is 151 cm³/mol. The standard InChI is InChI=1S/C29H34N4OS2/c1-32(18-22-15-21-11-5-8-14-27(21)35-22)28(34)26-16-23(19-33(26)17-20-9-3-2-4-10-20)36-29-30-24-12-6-7-13-25(24)31-29/h5-8,11-15,20,23,26H,2-4,9-10,16-19H2,1H3,(H,30,31)/t23-,26+/m1/s1. The molecule has 0 spiro atoms. The van der Waals surface area contributed by atoms with Gasteiger partial charge in [0.1, 0.15) is 0 Å². The molecule has 6 rings (SSSR count). The molecule has 1 aliphatic heterocycles. The molecule has 0 unspecified atom stereocenters. The minimum absolute atomic E-state index is 0.0480. The number of nitrogens with one attached hydrogen (secondary N) is 1. The van der Waals surface area contributed by atoms with Crippen LogP contribution in [-0.2, 0) is 11.3 Å². The molecule has 0 bridgehead atoms. The number of nitrogens with zero attached hydrogens (tertiary/aromatic N) is 3. The number of amides is 1. The number of carbonyl (C=O) groups excluding carboxylic acids is 1. The topological polar surface area (TPSA) is 52.2 Å². The molecule has 2 fully saturated rings. The summed E-state index contributed by atoms with van der Waals surface area (Å²) in [4.78, 5) is 27.8. The van der Waals surface area contributed by atoms with Crippen molar-refractivity contribution < 1.29 is 4.79 Å². The van der Waals surface area contributed by atoms with Gasteiger partial charge in [0.15, 0.2) is 5.16 Å². The second kappa shape index (κ2) is 10.6. The molecule has 36 heavy (non-hydrogen) atoms. The van der Waals surface area contributed by atoms with Crippen molar-refractivity contribution in [3.8, 4) is 0 Å². The summed E-state index contributed by atoms with van der Waals surface area (Å²) in [6.45, 7) is 2.67. The van der Waals surface area contributed by atoms with Crippen LogP contribution >= 0.6 is 23.1 Å². The van der Waals surface area contributed by atoms with Crippen LogP contribution < -0.4 is 0 Å². The molecule has 1 N–H and O–H groups in total. The molecule has 4 aromatic rings. The Hall–Kier alpha value is -2.35. The number of hydrogen-bond donors (Lipinski definition) is 1. The smallest absolute Gasteiger partial charge is 0.240 e. The minimum atomic E-state index is -0.0480. The maximum atomic E-state index is 13.8. The number of likely N-dealkylation sites (tertiary alicyclic amines) is 1.